The van der Waals surface area contributed by atoms with Gasteiger partial charge < -0.3 is 9.76 Å². The second kappa shape index (κ2) is 6.68. The molecule has 1 heterocycles. The molecule has 5 aromatic rings. The van der Waals surface area contributed by atoms with E-state index in [1.807, 2.05) is 32.7 Å². The van der Waals surface area contributed by atoms with Crippen molar-refractivity contribution in [3.8, 4) is 22.3 Å². The maximum absolute atomic E-state index is 10.5. The summed E-state index contributed by atoms with van der Waals surface area (Å²) in [5.41, 5.74) is 4.64. The molecule has 4 aromatic carbocycles. The van der Waals surface area contributed by atoms with E-state index in [-0.39, 0.29) is 0 Å². The maximum atomic E-state index is 10.5. The molecule has 0 spiro atoms. The van der Waals surface area contributed by atoms with Crippen molar-refractivity contribution >= 4 is 55.2 Å². The van der Waals surface area contributed by atoms with Gasteiger partial charge in [0.05, 0.1) is 11.2 Å². The lowest BCUT2D eigenvalue weighted by molar-refractivity contribution is -0.0893. The molecule has 1 radical (unpaired) electrons. The molecule has 1 N–H and O–H groups in total. The first-order valence-electron chi connectivity index (χ1n) is 11.0. The Morgan fingerprint density at radius 2 is 1.41 bits per heavy atom. The second-order valence-corrected chi connectivity index (χ2v) is 10.8. The van der Waals surface area contributed by atoms with Gasteiger partial charge in [-0.05, 0) is 89.8 Å². The van der Waals surface area contributed by atoms with E-state index in [0.29, 0.717) is 0 Å². The summed E-state index contributed by atoms with van der Waals surface area (Å²) in [7, 11) is 1.81. The van der Waals surface area contributed by atoms with Gasteiger partial charge in [0.1, 0.15) is 0 Å². The van der Waals surface area contributed by atoms with Crippen molar-refractivity contribution in [1.82, 2.24) is 0 Å². The molecule has 0 unspecified atom stereocenters. The van der Waals surface area contributed by atoms with Crippen LogP contribution in [-0.2, 0) is 4.65 Å². The monoisotopic (exact) mass is 435 g/mol. The predicted molar refractivity (Wildman–Crippen MR) is 138 cm³/mol. The van der Waals surface area contributed by atoms with Gasteiger partial charge in [-0.1, -0.05) is 48.5 Å². The van der Waals surface area contributed by atoms with Gasteiger partial charge in [-0.2, -0.15) is 0 Å². The summed E-state index contributed by atoms with van der Waals surface area (Å²) in [5.74, 6) is 0. The van der Waals surface area contributed by atoms with Crippen molar-refractivity contribution in [3.63, 3.8) is 0 Å². The summed E-state index contributed by atoms with van der Waals surface area (Å²) >= 11 is 1.82. The first-order valence-corrected chi connectivity index (χ1v) is 11.8. The van der Waals surface area contributed by atoms with Gasteiger partial charge in [-0.3, -0.25) is 0 Å². The van der Waals surface area contributed by atoms with Gasteiger partial charge in [-0.15, -0.1) is 11.3 Å². The lowest BCUT2D eigenvalue weighted by atomic mass is 9.80. The number of hydrogen-bond acceptors (Lipinski definition) is 3. The highest BCUT2D eigenvalue weighted by Crippen LogP contribution is 2.50. The topological polar surface area (TPSA) is 29.5 Å². The average Bonchev–Trinajstić information content (AvgIpc) is 3.27. The fraction of sp³-hybridized carbons (Fsp3) is 0.214. The van der Waals surface area contributed by atoms with Crippen LogP contribution in [0.5, 0.6) is 0 Å². The third kappa shape index (κ3) is 2.80. The predicted octanol–water partition coefficient (Wildman–Crippen LogP) is 6.67. The second-order valence-electron chi connectivity index (χ2n) is 9.73. The Morgan fingerprint density at radius 3 is 2.09 bits per heavy atom. The Kier molecular flexibility index (Phi) is 4.17. The number of fused-ring (bicyclic) bond motifs is 6. The van der Waals surface area contributed by atoms with Gasteiger partial charge >= 0.3 is 7.48 Å². The van der Waals surface area contributed by atoms with Crippen LogP contribution in [0.4, 0.5) is 0 Å². The molecule has 2 nitrogen and oxygen atoms in total. The molecule has 0 fully saturated rings. The molecule has 6 rings (SSSR count). The van der Waals surface area contributed by atoms with E-state index in [2.05, 4.69) is 66.7 Å². The SMILES string of the molecule is CC(C)(O)C(C)(C)O[B]c1cccc2sc3cc4c(cc3c12)-c1cccc2cccc-4c12. The lowest BCUT2D eigenvalue weighted by Crippen LogP contribution is -2.49. The van der Waals surface area contributed by atoms with Crippen LogP contribution in [0.2, 0.25) is 0 Å². The van der Waals surface area contributed by atoms with Crippen LogP contribution in [0.1, 0.15) is 27.7 Å². The van der Waals surface area contributed by atoms with Crippen molar-refractivity contribution in [2.75, 3.05) is 0 Å². The maximum Gasteiger partial charge on any atom is 0.331 e. The third-order valence-corrected chi connectivity index (χ3v) is 8.22. The molecule has 0 aliphatic heterocycles. The van der Waals surface area contributed by atoms with E-state index in [4.69, 9.17) is 4.65 Å². The molecule has 1 aliphatic carbocycles. The highest BCUT2D eigenvalue weighted by atomic mass is 32.1. The summed E-state index contributed by atoms with van der Waals surface area (Å²) in [4.78, 5) is 0. The van der Waals surface area contributed by atoms with Crippen LogP contribution in [-0.4, -0.2) is 23.8 Å². The van der Waals surface area contributed by atoms with Gasteiger partial charge in [-0.25, -0.2) is 0 Å². The molecular formula is C28H24BO2S. The minimum absolute atomic E-state index is 0.709. The van der Waals surface area contributed by atoms with Crippen molar-refractivity contribution in [2.45, 2.75) is 38.9 Å². The molecule has 32 heavy (non-hydrogen) atoms. The van der Waals surface area contributed by atoms with Gasteiger partial charge in [0.2, 0.25) is 0 Å². The van der Waals surface area contributed by atoms with E-state index in [9.17, 15) is 5.11 Å². The van der Waals surface area contributed by atoms with Crippen LogP contribution in [0, 0.1) is 0 Å². The minimum atomic E-state index is -0.959. The highest BCUT2D eigenvalue weighted by Gasteiger charge is 2.36. The Labute approximate surface area is 192 Å². The molecule has 0 saturated carbocycles. The van der Waals surface area contributed by atoms with Crippen molar-refractivity contribution in [3.05, 3.63) is 66.7 Å². The van der Waals surface area contributed by atoms with Crippen LogP contribution in [0.15, 0.2) is 66.7 Å². The molecule has 0 saturated heterocycles. The van der Waals surface area contributed by atoms with Gasteiger partial charge in [0.15, 0.2) is 0 Å². The van der Waals surface area contributed by atoms with Gasteiger partial charge in [0.25, 0.3) is 0 Å². The van der Waals surface area contributed by atoms with Crippen LogP contribution >= 0.6 is 11.3 Å². The Balaban J connectivity index is 1.54. The van der Waals surface area contributed by atoms with Crippen molar-refractivity contribution < 1.29 is 9.76 Å². The number of hydrogen-bond donors (Lipinski definition) is 1. The molecule has 1 aliphatic rings. The van der Waals surface area contributed by atoms with E-state index < -0.39 is 11.2 Å². The van der Waals surface area contributed by atoms with Crippen LogP contribution in [0.25, 0.3) is 53.2 Å². The first kappa shape index (κ1) is 20.0. The largest absolute Gasteiger partial charge is 0.427 e. The number of aliphatic hydroxyl groups is 1. The molecule has 157 valence electrons. The van der Waals surface area contributed by atoms with E-state index in [0.717, 1.165) is 5.46 Å². The minimum Gasteiger partial charge on any atom is -0.427 e. The lowest BCUT2D eigenvalue weighted by Gasteiger charge is -2.37. The standard InChI is InChI=1S/C28H24BO2S/c1-27(2,30)28(3,4)31-29-22-12-7-13-23-26(22)21-14-19-17-10-5-8-16-9-6-11-18(25(16)17)20(19)15-24(21)32-23/h5-15,30H,1-4H3. The van der Waals surface area contributed by atoms with Crippen molar-refractivity contribution in [2.24, 2.45) is 0 Å². The third-order valence-electron chi connectivity index (χ3n) is 7.11. The normalized spacial score (nSPS) is 13.3. The zero-order chi connectivity index (χ0) is 22.3. The number of thiophene rings is 1. The van der Waals surface area contributed by atoms with E-state index >= 15 is 0 Å². The summed E-state index contributed by atoms with van der Waals surface area (Å²) in [5, 5.41) is 15.6. The molecule has 0 bridgehead atoms. The quantitative estimate of drug-likeness (QED) is 0.314. The Bertz CT molecular complexity index is 1530. The summed E-state index contributed by atoms with van der Waals surface area (Å²) < 4.78 is 8.65. The average molecular weight is 435 g/mol. The van der Waals surface area contributed by atoms with Crippen LogP contribution in [0.3, 0.4) is 0 Å². The van der Waals surface area contributed by atoms with E-state index in [1.165, 1.54) is 53.2 Å². The smallest absolute Gasteiger partial charge is 0.331 e. The fourth-order valence-corrected chi connectivity index (χ4v) is 5.75. The number of benzene rings is 4. The molecule has 1 aromatic heterocycles. The fourth-order valence-electron chi connectivity index (χ4n) is 4.59. The van der Waals surface area contributed by atoms with Crippen LogP contribution < -0.4 is 5.46 Å². The Hall–Kier alpha value is -2.66. The zero-order valence-corrected chi connectivity index (χ0v) is 19.5. The molecular weight excluding hydrogens is 411 g/mol. The van der Waals surface area contributed by atoms with E-state index in [1.54, 1.807) is 13.8 Å². The molecule has 0 amide bonds. The van der Waals surface area contributed by atoms with Gasteiger partial charge in [0, 0.05) is 14.8 Å². The summed E-state index contributed by atoms with van der Waals surface area (Å²) in [6.45, 7) is 7.40. The molecule has 0 atom stereocenters. The number of rotatable bonds is 4. The van der Waals surface area contributed by atoms with Crippen molar-refractivity contribution in [1.29, 1.82) is 0 Å². The highest BCUT2D eigenvalue weighted by molar-refractivity contribution is 7.26. The zero-order valence-electron chi connectivity index (χ0n) is 18.7. The summed E-state index contributed by atoms with van der Waals surface area (Å²) in [6, 6.07) is 24.2. The summed E-state index contributed by atoms with van der Waals surface area (Å²) in [6.07, 6.45) is 0. The first-order chi connectivity index (χ1) is 15.2. The Morgan fingerprint density at radius 1 is 0.750 bits per heavy atom. The molecule has 4 heteroatoms.